The van der Waals surface area contributed by atoms with E-state index in [-0.39, 0.29) is 17.5 Å². The minimum absolute atomic E-state index is 0.103. The maximum absolute atomic E-state index is 13.4. The van der Waals surface area contributed by atoms with Crippen molar-refractivity contribution in [2.45, 2.75) is 57.6 Å². The van der Waals surface area contributed by atoms with Gasteiger partial charge in [-0.1, -0.05) is 20.3 Å². The topological polar surface area (TPSA) is 21.3 Å². The Kier molecular flexibility index (Phi) is 4.46. The van der Waals surface area contributed by atoms with Gasteiger partial charge in [0, 0.05) is 18.0 Å². The predicted molar refractivity (Wildman–Crippen MR) is 76.0 cm³/mol. The summed E-state index contributed by atoms with van der Waals surface area (Å²) < 4.78 is 19.6. The van der Waals surface area contributed by atoms with Gasteiger partial charge < -0.3 is 10.1 Å². The summed E-state index contributed by atoms with van der Waals surface area (Å²) in [6, 6.07) is 5.02. The lowest BCUT2D eigenvalue weighted by molar-refractivity contribution is 0.0174. The van der Waals surface area contributed by atoms with Gasteiger partial charge in [-0.05, 0) is 44.5 Å². The zero-order valence-corrected chi connectivity index (χ0v) is 12.1. The number of benzene rings is 1. The fourth-order valence-corrected chi connectivity index (χ4v) is 2.94. The molecule has 0 spiro atoms. The molecule has 3 heteroatoms. The molecule has 1 aromatic carbocycles. The third-order valence-electron chi connectivity index (χ3n) is 4.23. The van der Waals surface area contributed by atoms with Gasteiger partial charge in [0.25, 0.3) is 0 Å². The summed E-state index contributed by atoms with van der Waals surface area (Å²) in [6.45, 7) is 4.38. The molecule has 1 heterocycles. The lowest BCUT2D eigenvalue weighted by Crippen LogP contribution is -2.43. The quantitative estimate of drug-likeness (QED) is 0.861. The average Bonchev–Trinajstić information content (AvgIpc) is 2.44. The molecule has 1 aliphatic rings. The van der Waals surface area contributed by atoms with Gasteiger partial charge in [0.15, 0.2) is 0 Å². The smallest absolute Gasteiger partial charge is 0.125 e. The van der Waals surface area contributed by atoms with E-state index in [1.165, 1.54) is 18.9 Å². The van der Waals surface area contributed by atoms with E-state index in [4.69, 9.17) is 4.74 Å². The Morgan fingerprint density at radius 2 is 2.21 bits per heavy atom. The van der Waals surface area contributed by atoms with Crippen LogP contribution in [-0.4, -0.2) is 12.6 Å². The van der Waals surface area contributed by atoms with E-state index in [9.17, 15) is 4.39 Å². The second-order valence-corrected chi connectivity index (χ2v) is 5.47. The van der Waals surface area contributed by atoms with Crippen LogP contribution in [0.5, 0.6) is 5.75 Å². The summed E-state index contributed by atoms with van der Waals surface area (Å²) in [5.41, 5.74) is 0.845. The first-order chi connectivity index (χ1) is 9.14. The molecule has 2 nitrogen and oxygen atoms in total. The molecule has 106 valence electrons. The van der Waals surface area contributed by atoms with Crippen LogP contribution in [0.3, 0.4) is 0 Å². The number of nitrogens with one attached hydrogen (secondary N) is 1. The lowest BCUT2D eigenvalue weighted by atomic mass is 9.82. The maximum Gasteiger partial charge on any atom is 0.125 e. The third-order valence-corrected chi connectivity index (χ3v) is 4.23. The van der Waals surface area contributed by atoms with Crippen molar-refractivity contribution in [3.05, 3.63) is 29.6 Å². The van der Waals surface area contributed by atoms with Crippen molar-refractivity contribution >= 4 is 0 Å². The van der Waals surface area contributed by atoms with Crippen molar-refractivity contribution in [1.82, 2.24) is 5.32 Å². The number of fused-ring (bicyclic) bond motifs is 1. The molecule has 2 unspecified atom stereocenters. The van der Waals surface area contributed by atoms with Gasteiger partial charge in [0.05, 0.1) is 0 Å². The van der Waals surface area contributed by atoms with Gasteiger partial charge in [0.1, 0.15) is 17.2 Å². The largest absolute Gasteiger partial charge is 0.487 e. The summed E-state index contributed by atoms with van der Waals surface area (Å²) in [6.07, 6.45) is 5.31. The highest BCUT2D eigenvalue weighted by atomic mass is 19.1. The molecule has 2 atom stereocenters. The highest BCUT2D eigenvalue weighted by molar-refractivity contribution is 5.39. The second-order valence-electron chi connectivity index (χ2n) is 5.47. The minimum atomic E-state index is -0.194. The summed E-state index contributed by atoms with van der Waals surface area (Å²) >= 11 is 0. The molecule has 0 radical (unpaired) electrons. The molecule has 0 saturated carbocycles. The van der Waals surface area contributed by atoms with Crippen LogP contribution in [0.25, 0.3) is 0 Å². The Balaban J connectivity index is 2.32. The molecule has 0 aliphatic carbocycles. The Labute approximate surface area is 115 Å². The highest BCUT2D eigenvalue weighted by Gasteiger charge is 2.38. The molecule has 1 N–H and O–H groups in total. The molecular formula is C16H24FNO. The van der Waals surface area contributed by atoms with E-state index < -0.39 is 0 Å². The number of unbranched alkanes of at least 4 members (excludes halogenated alkanes) is 1. The van der Waals surface area contributed by atoms with E-state index in [1.54, 1.807) is 12.1 Å². The second kappa shape index (κ2) is 5.91. The fourth-order valence-electron chi connectivity index (χ4n) is 2.94. The van der Waals surface area contributed by atoms with Crippen molar-refractivity contribution in [2.75, 3.05) is 7.05 Å². The monoisotopic (exact) mass is 265 g/mol. The molecule has 0 fully saturated rings. The van der Waals surface area contributed by atoms with E-state index >= 15 is 0 Å². The third kappa shape index (κ3) is 2.92. The van der Waals surface area contributed by atoms with Gasteiger partial charge in [-0.25, -0.2) is 4.39 Å². The van der Waals surface area contributed by atoms with Gasteiger partial charge in [-0.15, -0.1) is 0 Å². The maximum atomic E-state index is 13.4. The molecule has 2 rings (SSSR count). The summed E-state index contributed by atoms with van der Waals surface area (Å²) in [5.74, 6) is 0.644. The Bertz CT molecular complexity index is 435. The first-order valence-corrected chi connectivity index (χ1v) is 7.30. The normalized spacial score (nSPS) is 25.8. The van der Waals surface area contributed by atoms with Crippen LogP contribution in [0.2, 0.25) is 0 Å². The van der Waals surface area contributed by atoms with Crippen LogP contribution in [0.1, 0.15) is 57.6 Å². The van der Waals surface area contributed by atoms with Crippen molar-refractivity contribution in [1.29, 1.82) is 0 Å². The van der Waals surface area contributed by atoms with Gasteiger partial charge in [0.2, 0.25) is 0 Å². The van der Waals surface area contributed by atoms with Crippen LogP contribution < -0.4 is 10.1 Å². The van der Waals surface area contributed by atoms with Crippen LogP contribution in [-0.2, 0) is 0 Å². The predicted octanol–water partition coefficient (Wildman–Crippen LogP) is 4.21. The molecule has 0 saturated heterocycles. The van der Waals surface area contributed by atoms with E-state index in [0.717, 1.165) is 30.6 Å². The first kappa shape index (κ1) is 14.3. The van der Waals surface area contributed by atoms with Crippen LogP contribution in [0.15, 0.2) is 18.2 Å². The van der Waals surface area contributed by atoms with Crippen molar-refractivity contribution in [3.63, 3.8) is 0 Å². The van der Waals surface area contributed by atoms with Gasteiger partial charge >= 0.3 is 0 Å². The SMILES string of the molecule is CCCCC1(CC)CC(NC)c2cc(F)ccc2O1. The standard InChI is InChI=1S/C16H24FNO/c1-4-6-9-16(5-2)11-14(18-3)13-10-12(17)7-8-15(13)19-16/h7-8,10,14,18H,4-6,9,11H2,1-3H3. The number of halogens is 1. The summed E-state index contributed by atoms with van der Waals surface area (Å²) in [4.78, 5) is 0. The number of ether oxygens (including phenoxy) is 1. The van der Waals surface area contributed by atoms with E-state index in [0.29, 0.717) is 0 Å². The summed E-state index contributed by atoms with van der Waals surface area (Å²) in [5, 5.41) is 3.31. The first-order valence-electron chi connectivity index (χ1n) is 7.30. The lowest BCUT2D eigenvalue weighted by Gasteiger charge is -2.42. The fraction of sp³-hybridized carbons (Fsp3) is 0.625. The van der Waals surface area contributed by atoms with Crippen LogP contribution >= 0.6 is 0 Å². The van der Waals surface area contributed by atoms with E-state index in [1.807, 2.05) is 7.05 Å². The zero-order valence-electron chi connectivity index (χ0n) is 12.1. The number of hydrogen-bond acceptors (Lipinski definition) is 2. The number of hydrogen-bond donors (Lipinski definition) is 1. The molecule has 0 amide bonds. The van der Waals surface area contributed by atoms with Crippen LogP contribution in [0, 0.1) is 5.82 Å². The molecule has 1 aliphatic heterocycles. The van der Waals surface area contributed by atoms with Gasteiger partial charge in [-0.2, -0.15) is 0 Å². The average molecular weight is 265 g/mol. The molecule has 0 bridgehead atoms. The molecule has 0 aromatic heterocycles. The van der Waals surface area contributed by atoms with Crippen molar-refractivity contribution < 1.29 is 9.13 Å². The molecular weight excluding hydrogens is 241 g/mol. The van der Waals surface area contributed by atoms with Gasteiger partial charge in [-0.3, -0.25) is 0 Å². The Morgan fingerprint density at radius 3 is 2.84 bits per heavy atom. The highest BCUT2D eigenvalue weighted by Crippen LogP contribution is 2.43. The molecule has 1 aromatic rings. The van der Waals surface area contributed by atoms with E-state index in [2.05, 4.69) is 19.2 Å². The Hall–Kier alpha value is -1.09. The minimum Gasteiger partial charge on any atom is -0.487 e. The zero-order chi connectivity index (χ0) is 13.9. The van der Waals surface area contributed by atoms with Crippen molar-refractivity contribution in [3.8, 4) is 5.75 Å². The van der Waals surface area contributed by atoms with Crippen LogP contribution in [0.4, 0.5) is 4.39 Å². The van der Waals surface area contributed by atoms with Crippen molar-refractivity contribution in [2.24, 2.45) is 0 Å². The Morgan fingerprint density at radius 1 is 1.42 bits per heavy atom. The summed E-state index contributed by atoms with van der Waals surface area (Å²) in [7, 11) is 1.94. The number of rotatable bonds is 5. The molecule has 19 heavy (non-hydrogen) atoms.